The molecule has 8 heteroatoms. The highest BCUT2D eigenvalue weighted by atomic mass is 79.9. The lowest BCUT2D eigenvalue weighted by Crippen LogP contribution is -2.22. The number of carbonyl (C=O) groups excluding carboxylic acids is 1. The van der Waals surface area contributed by atoms with Crippen LogP contribution >= 0.6 is 39.1 Å². The van der Waals surface area contributed by atoms with Crippen LogP contribution in [-0.4, -0.2) is 22.3 Å². The molecule has 0 aliphatic heterocycles. The van der Waals surface area contributed by atoms with Crippen molar-refractivity contribution in [3.8, 4) is 16.9 Å². The molecule has 1 N–H and O–H groups in total. The third-order valence-electron chi connectivity index (χ3n) is 3.87. The number of amides is 1. The van der Waals surface area contributed by atoms with Gasteiger partial charge in [0.25, 0.3) is 5.91 Å². The van der Waals surface area contributed by atoms with Crippen LogP contribution in [0.15, 0.2) is 46.9 Å². The first kappa shape index (κ1) is 19.7. The zero-order valence-corrected chi connectivity index (χ0v) is 17.7. The Balaban J connectivity index is 1.76. The molecule has 2 aromatic carbocycles. The van der Waals surface area contributed by atoms with Gasteiger partial charge in [-0.15, -0.1) is 0 Å². The second-order valence-corrected chi connectivity index (χ2v) is 7.58. The van der Waals surface area contributed by atoms with Crippen LogP contribution in [0.3, 0.4) is 0 Å². The first-order chi connectivity index (χ1) is 12.8. The average molecular weight is 469 g/mol. The molecule has 0 saturated carbocycles. The van der Waals surface area contributed by atoms with Crippen molar-refractivity contribution in [1.29, 1.82) is 0 Å². The highest BCUT2D eigenvalue weighted by Crippen LogP contribution is 2.32. The molecule has 0 unspecified atom stereocenters. The Morgan fingerprint density at radius 2 is 1.89 bits per heavy atom. The minimum absolute atomic E-state index is 0.165. The van der Waals surface area contributed by atoms with Gasteiger partial charge in [-0.2, -0.15) is 5.10 Å². The molecule has 1 heterocycles. The number of carbonyl (C=O) groups is 1. The molecule has 0 bridgehead atoms. The third-order valence-corrected chi connectivity index (χ3v) is 5.14. The average Bonchev–Trinajstić information content (AvgIpc) is 2.90. The standard InChI is InChI=1S/C19H16BrCl2N3O2/c1-11-18(12-3-5-13(20)6-4-12)19(25(2)24-11)23-17(26)10-27-14-7-8-15(21)16(22)9-14/h3-9H,10H2,1-2H3,(H,23,26). The van der Waals surface area contributed by atoms with Gasteiger partial charge in [0.1, 0.15) is 11.6 Å². The van der Waals surface area contributed by atoms with Crippen molar-refractivity contribution in [3.05, 3.63) is 62.7 Å². The van der Waals surface area contributed by atoms with Gasteiger partial charge < -0.3 is 10.1 Å². The number of nitrogens with zero attached hydrogens (tertiary/aromatic N) is 2. The molecule has 0 fully saturated rings. The number of ether oxygens (including phenoxy) is 1. The van der Waals surface area contributed by atoms with Crippen LogP contribution < -0.4 is 10.1 Å². The van der Waals surface area contributed by atoms with Crippen molar-refractivity contribution in [2.75, 3.05) is 11.9 Å². The molecule has 0 atom stereocenters. The van der Waals surface area contributed by atoms with E-state index in [9.17, 15) is 4.79 Å². The second kappa shape index (κ2) is 8.33. The molecule has 140 valence electrons. The Bertz CT molecular complexity index is 987. The Morgan fingerprint density at radius 3 is 2.56 bits per heavy atom. The normalized spacial score (nSPS) is 10.7. The monoisotopic (exact) mass is 467 g/mol. The van der Waals surface area contributed by atoms with E-state index in [2.05, 4.69) is 26.3 Å². The van der Waals surface area contributed by atoms with Crippen LogP contribution in [0.2, 0.25) is 10.0 Å². The van der Waals surface area contributed by atoms with E-state index in [-0.39, 0.29) is 12.5 Å². The summed E-state index contributed by atoms with van der Waals surface area (Å²) < 4.78 is 8.12. The molecule has 27 heavy (non-hydrogen) atoms. The molecule has 1 amide bonds. The van der Waals surface area contributed by atoms with Gasteiger partial charge in [0, 0.05) is 23.2 Å². The van der Waals surface area contributed by atoms with E-state index in [1.165, 1.54) is 0 Å². The summed E-state index contributed by atoms with van der Waals surface area (Å²) >= 11 is 15.3. The summed E-state index contributed by atoms with van der Waals surface area (Å²) in [5.74, 6) is 0.772. The van der Waals surface area contributed by atoms with Gasteiger partial charge in [0.2, 0.25) is 0 Å². The fourth-order valence-electron chi connectivity index (χ4n) is 2.65. The molecule has 1 aromatic heterocycles. The maximum absolute atomic E-state index is 12.4. The van der Waals surface area contributed by atoms with Gasteiger partial charge >= 0.3 is 0 Å². The number of aryl methyl sites for hydroxylation is 2. The molecule has 0 radical (unpaired) electrons. The summed E-state index contributed by atoms with van der Waals surface area (Å²) in [6, 6.07) is 12.7. The highest BCUT2D eigenvalue weighted by Gasteiger charge is 2.17. The number of benzene rings is 2. The SMILES string of the molecule is Cc1nn(C)c(NC(=O)COc2ccc(Cl)c(Cl)c2)c1-c1ccc(Br)cc1. The van der Waals surface area contributed by atoms with Crippen LogP contribution in [0.4, 0.5) is 5.82 Å². The fourth-order valence-corrected chi connectivity index (χ4v) is 3.20. The zero-order valence-electron chi connectivity index (χ0n) is 14.6. The predicted octanol–water partition coefficient (Wildman–Crippen LogP) is 5.48. The van der Waals surface area contributed by atoms with E-state index in [0.29, 0.717) is 21.6 Å². The largest absolute Gasteiger partial charge is 0.484 e. The Morgan fingerprint density at radius 1 is 1.19 bits per heavy atom. The van der Waals surface area contributed by atoms with Gasteiger partial charge in [-0.05, 0) is 36.8 Å². The van der Waals surface area contributed by atoms with E-state index in [4.69, 9.17) is 27.9 Å². The molecule has 0 spiro atoms. The number of halogens is 3. The van der Waals surface area contributed by atoms with Crippen LogP contribution in [0.25, 0.3) is 11.1 Å². The van der Waals surface area contributed by atoms with Crippen molar-refractivity contribution in [2.45, 2.75) is 6.92 Å². The quantitative estimate of drug-likeness (QED) is 0.539. The minimum Gasteiger partial charge on any atom is -0.484 e. The number of rotatable bonds is 5. The Kier molecular flexibility index (Phi) is 6.09. The maximum atomic E-state index is 12.4. The van der Waals surface area contributed by atoms with E-state index in [1.54, 1.807) is 29.9 Å². The molecule has 0 aliphatic rings. The molecule has 0 aliphatic carbocycles. The number of anilines is 1. The van der Waals surface area contributed by atoms with E-state index < -0.39 is 0 Å². The molecule has 3 aromatic rings. The molecular formula is C19H16BrCl2N3O2. The summed E-state index contributed by atoms with van der Waals surface area (Å²) in [5, 5.41) is 8.09. The number of nitrogens with one attached hydrogen (secondary N) is 1. The van der Waals surface area contributed by atoms with Crippen molar-refractivity contribution in [3.63, 3.8) is 0 Å². The van der Waals surface area contributed by atoms with Crippen molar-refractivity contribution < 1.29 is 9.53 Å². The zero-order chi connectivity index (χ0) is 19.6. The topological polar surface area (TPSA) is 56.2 Å². The summed E-state index contributed by atoms with van der Waals surface area (Å²) in [6.07, 6.45) is 0. The van der Waals surface area contributed by atoms with Crippen LogP contribution in [0.5, 0.6) is 5.75 Å². The first-order valence-corrected chi connectivity index (χ1v) is 9.57. The smallest absolute Gasteiger partial charge is 0.263 e. The molecule has 5 nitrogen and oxygen atoms in total. The molecule has 3 rings (SSSR count). The van der Waals surface area contributed by atoms with Crippen molar-refractivity contribution in [1.82, 2.24) is 9.78 Å². The lowest BCUT2D eigenvalue weighted by Gasteiger charge is -2.11. The summed E-state index contributed by atoms with van der Waals surface area (Å²) in [5.41, 5.74) is 2.65. The summed E-state index contributed by atoms with van der Waals surface area (Å²) in [4.78, 5) is 12.4. The van der Waals surface area contributed by atoms with Crippen LogP contribution in [0, 0.1) is 6.92 Å². The summed E-state index contributed by atoms with van der Waals surface area (Å²) in [6.45, 7) is 1.74. The van der Waals surface area contributed by atoms with E-state index >= 15 is 0 Å². The predicted molar refractivity (Wildman–Crippen MR) is 112 cm³/mol. The van der Waals surface area contributed by atoms with Gasteiger partial charge in [-0.25, -0.2) is 0 Å². The van der Waals surface area contributed by atoms with Gasteiger partial charge in [-0.1, -0.05) is 51.3 Å². The van der Waals surface area contributed by atoms with E-state index in [0.717, 1.165) is 21.3 Å². The lowest BCUT2D eigenvalue weighted by atomic mass is 10.1. The molecule has 0 saturated heterocycles. The van der Waals surface area contributed by atoms with Crippen LogP contribution in [0.1, 0.15) is 5.69 Å². The first-order valence-electron chi connectivity index (χ1n) is 8.02. The summed E-state index contributed by atoms with van der Waals surface area (Å²) in [7, 11) is 1.78. The Labute approximate surface area is 175 Å². The minimum atomic E-state index is -0.303. The lowest BCUT2D eigenvalue weighted by molar-refractivity contribution is -0.118. The Hall–Kier alpha value is -2.02. The number of hydrogen-bond acceptors (Lipinski definition) is 3. The van der Waals surface area contributed by atoms with Gasteiger partial charge in [-0.3, -0.25) is 9.48 Å². The van der Waals surface area contributed by atoms with Crippen LogP contribution in [-0.2, 0) is 11.8 Å². The van der Waals surface area contributed by atoms with Gasteiger partial charge in [0.05, 0.1) is 15.7 Å². The highest BCUT2D eigenvalue weighted by molar-refractivity contribution is 9.10. The van der Waals surface area contributed by atoms with Gasteiger partial charge in [0.15, 0.2) is 6.61 Å². The number of aromatic nitrogens is 2. The maximum Gasteiger partial charge on any atom is 0.263 e. The second-order valence-electron chi connectivity index (χ2n) is 5.85. The third kappa shape index (κ3) is 4.64. The van der Waals surface area contributed by atoms with Crippen molar-refractivity contribution in [2.24, 2.45) is 7.05 Å². The van der Waals surface area contributed by atoms with E-state index in [1.807, 2.05) is 31.2 Å². The fraction of sp³-hybridized carbons (Fsp3) is 0.158. The molecular weight excluding hydrogens is 453 g/mol. The number of hydrogen-bond donors (Lipinski definition) is 1. The van der Waals surface area contributed by atoms with Crippen molar-refractivity contribution >= 4 is 50.9 Å².